The van der Waals surface area contributed by atoms with Gasteiger partial charge in [-0.15, -0.1) is 0 Å². The maximum absolute atomic E-state index is 12.0. The Hall–Kier alpha value is -1.59. The summed E-state index contributed by atoms with van der Waals surface area (Å²) in [6.45, 7) is 6.23. The smallest absolute Gasteiger partial charge is 0.308 e. The first-order chi connectivity index (χ1) is 9.38. The molecule has 0 saturated heterocycles. The fourth-order valence-corrected chi connectivity index (χ4v) is 1.75. The van der Waals surface area contributed by atoms with Gasteiger partial charge in [0.25, 0.3) is 0 Å². The minimum Gasteiger partial charge on any atom is -0.481 e. The van der Waals surface area contributed by atoms with Crippen molar-refractivity contribution in [2.75, 3.05) is 19.6 Å². The zero-order valence-electron chi connectivity index (χ0n) is 12.6. The molecule has 0 aliphatic heterocycles. The van der Waals surface area contributed by atoms with Crippen LogP contribution in [-0.2, 0) is 14.4 Å². The molecule has 0 spiro atoms. The number of unbranched alkanes of at least 4 members (excludes halogenated alkanes) is 1. The highest BCUT2D eigenvalue weighted by molar-refractivity contribution is 5.77. The van der Waals surface area contributed by atoms with Crippen LogP contribution in [0.5, 0.6) is 0 Å². The molecule has 2 N–H and O–H groups in total. The zero-order chi connectivity index (χ0) is 15.5. The van der Waals surface area contributed by atoms with E-state index in [-0.39, 0.29) is 18.4 Å². The lowest BCUT2D eigenvalue weighted by Crippen LogP contribution is -2.38. The molecule has 1 unspecified atom stereocenters. The number of carbonyl (C=O) groups is 3. The summed E-state index contributed by atoms with van der Waals surface area (Å²) in [7, 11) is 0. The van der Waals surface area contributed by atoms with Crippen molar-refractivity contribution in [3.8, 4) is 0 Å². The van der Waals surface area contributed by atoms with Gasteiger partial charge in [-0.05, 0) is 12.8 Å². The standard InChI is InChI=1S/C14H26N2O4/c1-4-5-7-13(18)16(10-11(2)14(19)20)9-6-8-15-12(3)17/h11H,4-10H2,1-3H3,(H,15,17)(H,19,20). The van der Waals surface area contributed by atoms with Gasteiger partial charge in [-0.1, -0.05) is 20.3 Å². The highest BCUT2D eigenvalue weighted by Gasteiger charge is 2.19. The minimum atomic E-state index is -0.903. The third-order valence-electron chi connectivity index (χ3n) is 2.99. The molecule has 0 saturated carbocycles. The molecule has 0 aliphatic rings. The number of carboxylic acid groups (broad SMARTS) is 1. The van der Waals surface area contributed by atoms with E-state index in [1.807, 2.05) is 6.92 Å². The van der Waals surface area contributed by atoms with Crippen molar-refractivity contribution in [1.82, 2.24) is 10.2 Å². The molecule has 6 heteroatoms. The monoisotopic (exact) mass is 286 g/mol. The van der Waals surface area contributed by atoms with Crippen LogP contribution in [0.2, 0.25) is 0 Å². The molecule has 116 valence electrons. The molecular weight excluding hydrogens is 260 g/mol. The van der Waals surface area contributed by atoms with Gasteiger partial charge in [0.05, 0.1) is 5.92 Å². The van der Waals surface area contributed by atoms with Crippen LogP contribution in [0.1, 0.15) is 46.5 Å². The van der Waals surface area contributed by atoms with Crippen molar-refractivity contribution in [3.63, 3.8) is 0 Å². The number of rotatable bonds is 10. The summed E-state index contributed by atoms with van der Waals surface area (Å²) in [5.74, 6) is -1.60. The topological polar surface area (TPSA) is 86.7 Å². The van der Waals surface area contributed by atoms with Crippen LogP contribution >= 0.6 is 0 Å². The first-order valence-electron chi connectivity index (χ1n) is 7.13. The van der Waals surface area contributed by atoms with Gasteiger partial charge in [0.1, 0.15) is 0 Å². The molecule has 2 amide bonds. The van der Waals surface area contributed by atoms with Crippen molar-refractivity contribution in [1.29, 1.82) is 0 Å². The van der Waals surface area contributed by atoms with Gasteiger partial charge in [0.2, 0.25) is 11.8 Å². The molecule has 1 atom stereocenters. The Bertz CT molecular complexity index is 331. The first kappa shape index (κ1) is 18.4. The van der Waals surface area contributed by atoms with E-state index in [1.54, 1.807) is 11.8 Å². The van der Waals surface area contributed by atoms with Crippen molar-refractivity contribution in [3.05, 3.63) is 0 Å². The van der Waals surface area contributed by atoms with Crippen LogP contribution in [0.15, 0.2) is 0 Å². The number of carboxylic acids is 1. The van der Waals surface area contributed by atoms with Gasteiger partial charge in [0.15, 0.2) is 0 Å². The molecule has 6 nitrogen and oxygen atoms in total. The quantitative estimate of drug-likeness (QED) is 0.592. The average Bonchev–Trinajstić information content (AvgIpc) is 2.38. The highest BCUT2D eigenvalue weighted by atomic mass is 16.4. The Morgan fingerprint density at radius 3 is 2.40 bits per heavy atom. The maximum atomic E-state index is 12.0. The number of amides is 2. The van der Waals surface area contributed by atoms with Crippen LogP contribution < -0.4 is 5.32 Å². The van der Waals surface area contributed by atoms with E-state index in [1.165, 1.54) is 6.92 Å². The Labute approximate surface area is 120 Å². The molecule has 0 aromatic carbocycles. The van der Waals surface area contributed by atoms with Gasteiger partial charge >= 0.3 is 5.97 Å². The Morgan fingerprint density at radius 1 is 1.25 bits per heavy atom. The van der Waals surface area contributed by atoms with E-state index >= 15 is 0 Å². The van der Waals surface area contributed by atoms with Crippen molar-refractivity contribution in [2.24, 2.45) is 5.92 Å². The molecule has 0 aliphatic carbocycles. The third-order valence-corrected chi connectivity index (χ3v) is 2.99. The Kier molecular flexibility index (Phi) is 9.41. The van der Waals surface area contributed by atoms with Crippen LogP contribution in [-0.4, -0.2) is 47.4 Å². The van der Waals surface area contributed by atoms with E-state index in [2.05, 4.69) is 5.32 Å². The van der Waals surface area contributed by atoms with E-state index in [0.717, 1.165) is 12.8 Å². The van der Waals surface area contributed by atoms with Gasteiger partial charge in [-0.3, -0.25) is 14.4 Å². The number of hydrogen-bond acceptors (Lipinski definition) is 3. The van der Waals surface area contributed by atoms with Gasteiger partial charge in [-0.25, -0.2) is 0 Å². The second-order valence-electron chi connectivity index (χ2n) is 5.02. The highest BCUT2D eigenvalue weighted by Crippen LogP contribution is 2.06. The molecule has 0 heterocycles. The molecule has 0 bridgehead atoms. The Morgan fingerprint density at radius 2 is 1.90 bits per heavy atom. The second kappa shape index (κ2) is 10.2. The molecule has 0 aromatic rings. The molecule has 20 heavy (non-hydrogen) atoms. The van der Waals surface area contributed by atoms with Crippen LogP contribution in [0.4, 0.5) is 0 Å². The fraction of sp³-hybridized carbons (Fsp3) is 0.786. The second-order valence-corrected chi connectivity index (χ2v) is 5.02. The van der Waals surface area contributed by atoms with E-state index in [4.69, 9.17) is 5.11 Å². The molecular formula is C14H26N2O4. The fourth-order valence-electron chi connectivity index (χ4n) is 1.75. The van der Waals surface area contributed by atoms with Crippen molar-refractivity contribution >= 4 is 17.8 Å². The minimum absolute atomic E-state index is 0.0113. The predicted molar refractivity (Wildman–Crippen MR) is 76.2 cm³/mol. The SMILES string of the molecule is CCCCC(=O)N(CCCNC(C)=O)CC(C)C(=O)O. The summed E-state index contributed by atoms with van der Waals surface area (Å²) >= 11 is 0. The average molecular weight is 286 g/mol. The molecule has 0 rings (SSSR count). The summed E-state index contributed by atoms with van der Waals surface area (Å²) in [4.78, 5) is 35.3. The van der Waals surface area contributed by atoms with Crippen LogP contribution in [0.25, 0.3) is 0 Å². The van der Waals surface area contributed by atoms with Gasteiger partial charge in [0, 0.05) is 33.0 Å². The Balaban J connectivity index is 4.34. The number of carbonyl (C=O) groups excluding carboxylic acids is 2. The lowest BCUT2D eigenvalue weighted by molar-refractivity contribution is -0.143. The zero-order valence-corrected chi connectivity index (χ0v) is 12.6. The summed E-state index contributed by atoms with van der Waals surface area (Å²) in [6.07, 6.45) is 2.81. The number of nitrogens with zero attached hydrogens (tertiary/aromatic N) is 1. The van der Waals surface area contributed by atoms with E-state index in [9.17, 15) is 14.4 Å². The lowest BCUT2D eigenvalue weighted by atomic mass is 10.1. The van der Waals surface area contributed by atoms with Gasteiger partial charge < -0.3 is 15.3 Å². The molecule has 0 radical (unpaired) electrons. The number of nitrogens with one attached hydrogen (secondary N) is 1. The summed E-state index contributed by atoms with van der Waals surface area (Å²) in [5, 5.41) is 11.6. The molecule has 0 fully saturated rings. The largest absolute Gasteiger partial charge is 0.481 e. The van der Waals surface area contributed by atoms with E-state index in [0.29, 0.717) is 25.9 Å². The normalized spacial score (nSPS) is 11.8. The van der Waals surface area contributed by atoms with E-state index < -0.39 is 11.9 Å². The summed E-state index contributed by atoms with van der Waals surface area (Å²) in [6, 6.07) is 0. The lowest BCUT2D eigenvalue weighted by Gasteiger charge is -2.24. The number of hydrogen-bond donors (Lipinski definition) is 2. The third kappa shape index (κ3) is 8.50. The van der Waals surface area contributed by atoms with Crippen molar-refractivity contribution in [2.45, 2.75) is 46.5 Å². The summed E-state index contributed by atoms with van der Waals surface area (Å²) < 4.78 is 0. The van der Waals surface area contributed by atoms with Crippen LogP contribution in [0.3, 0.4) is 0 Å². The van der Waals surface area contributed by atoms with Crippen molar-refractivity contribution < 1.29 is 19.5 Å². The molecule has 0 aromatic heterocycles. The predicted octanol–water partition coefficient (Wildman–Crippen LogP) is 1.25. The first-order valence-corrected chi connectivity index (χ1v) is 7.13. The summed E-state index contributed by atoms with van der Waals surface area (Å²) in [5.41, 5.74) is 0. The maximum Gasteiger partial charge on any atom is 0.308 e. The van der Waals surface area contributed by atoms with Crippen LogP contribution in [0, 0.1) is 5.92 Å². The van der Waals surface area contributed by atoms with Gasteiger partial charge in [-0.2, -0.15) is 0 Å². The number of aliphatic carboxylic acids is 1.